The third-order valence-corrected chi connectivity index (χ3v) is 6.48. The van der Waals surface area contributed by atoms with Gasteiger partial charge in [0.05, 0.1) is 18.8 Å². The van der Waals surface area contributed by atoms with E-state index in [1.807, 2.05) is 48.7 Å². The van der Waals surface area contributed by atoms with Crippen molar-refractivity contribution in [1.82, 2.24) is 14.9 Å². The monoisotopic (exact) mass is 504 g/mol. The lowest BCUT2D eigenvalue weighted by Crippen LogP contribution is -2.30. The van der Waals surface area contributed by atoms with E-state index in [0.29, 0.717) is 5.11 Å². The molecule has 0 spiro atoms. The van der Waals surface area contributed by atoms with Gasteiger partial charge in [-0.25, -0.2) is 0 Å². The van der Waals surface area contributed by atoms with Gasteiger partial charge >= 0.3 is 0 Å². The van der Waals surface area contributed by atoms with Crippen molar-refractivity contribution in [3.8, 4) is 11.4 Å². The summed E-state index contributed by atoms with van der Waals surface area (Å²) in [4.78, 5) is 6.82. The molecular weight excluding hydrogens is 484 g/mol. The van der Waals surface area contributed by atoms with E-state index >= 15 is 0 Å². The SMILES string of the molecule is COc1ccc(-n2cccc2[C@H]2[C@H](c3ccccn3)NC(=S)N2c2ccc(Br)cc2)cc1. The average Bonchev–Trinajstić information content (AvgIpc) is 3.44. The average molecular weight is 505 g/mol. The Bertz CT molecular complexity index is 1230. The topological polar surface area (TPSA) is 42.3 Å². The van der Waals surface area contributed by atoms with Crippen molar-refractivity contribution in [3.63, 3.8) is 0 Å². The summed E-state index contributed by atoms with van der Waals surface area (Å²) in [5.41, 5.74) is 4.14. The number of anilines is 1. The van der Waals surface area contributed by atoms with E-state index in [0.717, 1.165) is 33.0 Å². The Balaban J connectivity index is 1.64. The number of pyridine rings is 1. The lowest BCUT2D eigenvalue weighted by atomic mass is 10.0. The summed E-state index contributed by atoms with van der Waals surface area (Å²) in [6.45, 7) is 0. The van der Waals surface area contributed by atoms with Crippen LogP contribution in [-0.4, -0.2) is 21.8 Å². The number of ether oxygens (including phenoxy) is 1. The molecule has 4 aromatic rings. The lowest BCUT2D eigenvalue weighted by Gasteiger charge is -2.29. The molecule has 0 radical (unpaired) electrons. The molecule has 0 unspecified atom stereocenters. The molecule has 2 aromatic carbocycles. The van der Waals surface area contributed by atoms with Gasteiger partial charge in [0.25, 0.3) is 0 Å². The van der Waals surface area contributed by atoms with Gasteiger partial charge in [0.15, 0.2) is 5.11 Å². The maximum Gasteiger partial charge on any atom is 0.174 e. The Hall–Kier alpha value is -3.16. The van der Waals surface area contributed by atoms with Crippen molar-refractivity contribution in [2.45, 2.75) is 12.1 Å². The third-order valence-electron chi connectivity index (χ3n) is 5.64. The van der Waals surface area contributed by atoms with Gasteiger partial charge < -0.3 is 19.5 Å². The number of benzene rings is 2. The molecule has 2 aromatic heterocycles. The first kappa shape index (κ1) is 20.7. The molecule has 1 aliphatic heterocycles. The highest BCUT2D eigenvalue weighted by molar-refractivity contribution is 9.10. The first-order chi connectivity index (χ1) is 15.7. The fraction of sp³-hybridized carbons (Fsp3) is 0.120. The van der Waals surface area contributed by atoms with Crippen LogP contribution in [-0.2, 0) is 0 Å². The number of halogens is 1. The van der Waals surface area contributed by atoms with E-state index in [1.165, 1.54) is 0 Å². The molecule has 0 saturated carbocycles. The van der Waals surface area contributed by atoms with E-state index in [2.05, 4.69) is 78.3 Å². The van der Waals surface area contributed by atoms with Crippen LogP contribution in [0.25, 0.3) is 5.69 Å². The standard InChI is InChI=1S/C25H21BrN4OS/c1-31-20-13-11-18(12-14-20)29-16-4-6-22(29)24-23(21-5-2-3-15-27-21)28-25(32)30(24)19-9-7-17(26)8-10-19/h2-16,23-24H,1H3,(H,28,32)/t23-,24-/m0/s1. The second-order valence-corrected chi connectivity index (χ2v) is 8.78. The minimum atomic E-state index is -0.0979. The van der Waals surface area contributed by atoms with Gasteiger partial charge in [0.1, 0.15) is 11.8 Å². The van der Waals surface area contributed by atoms with Gasteiger partial charge in [-0.05, 0) is 85.0 Å². The minimum absolute atomic E-state index is 0.0873. The quantitative estimate of drug-likeness (QED) is 0.346. The van der Waals surface area contributed by atoms with Crippen molar-refractivity contribution in [2.75, 3.05) is 12.0 Å². The van der Waals surface area contributed by atoms with Gasteiger partial charge in [-0.2, -0.15) is 0 Å². The number of thiocarbonyl (C=S) groups is 1. The molecule has 5 rings (SSSR count). The summed E-state index contributed by atoms with van der Waals surface area (Å²) in [6, 6.07) is 26.3. The molecule has 1 saturated heterocycles. The van der Waals surface area contributed by atoms with Crippen LogP contribution >= 0.6 is 28.1 Å². The zero-order chi connectivity index (χ0) is 22.1. The largest absolute Gasteiger partial charge is 0.497 e. The number of nitrogens with zero attached hydrogens (tertiary/aromatic N) is 3. The maximum absolute atomic E-state index is 5.83. The predicted molar refractivity (Wildman–Crippen MR) is 134 cm³/mol. The molecule has 2 atom stereocenters. The number of aromatic nitrogens is 2. The number of hydrogen-bond donors (Lipinski definition) is 1. The highest BCUT2D eigenvalue weighted by Crippen LogP contribution is 2.42. The summed E-state index contributed by atoms with van der Waals surface area (Å²) in [6.07, 6.45) is 3.90. The van der Waals surface area contributed by atoms with Crippen LogP contribution in [0.5, 0.6) is 5.75 Å². The van der Waals surface area contributed by atoms with Gasteiger partial charge in [-0.15, -0.1) is 0 Å². The zero-order valence-corrected chi connectivity index (χ0v) is 19.8. The minimum Gasteiger partial charge on any atom is -0.497 e. The van der Waals surface area contributed by atoms with Gasteiger partial charge in [-0.1, -0.05) is 22.0 Å². The second kappa shape index (κ2) is 8.76. The van der Waals surface area contributed by atoms with Crippen molar-refractivity contribution < 1.29 is 4.74 Å². The molecule has 0 aliphatic carbocycles. The second-order valence-electron chi connectivity index (χ2n) is 7.47. The smallest absolute Gasteiger partial charge is 0.174 e. The number of rotatable bonds is 5. The van der Waals surface area contributed by atoms with Gasteiger partial charge in [-0.3, -0.25) is 4.98 Å². The Kier molecular flexibility index (Phi) is 5.68. The molecule has 0 bridgehead atoms. The molecule has 3 heterocycles. The van der Waals surface area contributed by atoms with Crippen LogP contribution in [0.3, 0.4) is 0 Å². The molecule has 7 heteroatoms. The van der Waals surface area contributed by atoms with Crippen LogP contribution in [0.15, 0.2) is 95.7 Å². The Morgan fingerprint density at radius 2 is 1.69 bits per heavy atom. The number of hydrogen-bond acceptors (Lipinski definition) is 3. The Labute approximate surface area is 200 Å². The van der Waals surface area contributed by atoms with E-state index in [1.54, 1.807) is 7.11 Å². The summed E-state index contributed by atoms with van der Waals surface area (Å²) >= 11 is 9.36. The van der Waals surface area contributed by atoms with Crippen molar-refractivity contribution >= 4 is 38.9 Å². The first-order valence-electron chi connectivity index (χ1n) is 10.2. The predicted octanol–water partition coefficient (Wildman–Crippen LogP) is 5.82. The van der Waals surface area contributed by atoms with Gasteiger partial charge in [0, 0.05) is 33.9 Å². The van der Waals surface area contributed by atoms with Crippen LogP contribution in [0.1, 0.15) is 23.5 Å². The van der Waals surface area contributed by atoms with Crippen LogP contribution in [0.2, 0.25) is 0 Å². The summed E-state index contributed by atoms with van der Waals surface area (Å²) in [5.74, 6) is 0.828. The molecule has 5 nitrogen and oxygen atoms in total. The van der Waals surface area contributed by atoms with Gasteiger partial charge in [0.2, 0.25) is 0 Å². The van der Waals surface area contributed by atoms with Crippen LogP contribution < -0.4 is 15.0 Å². The van der Waals surface area contributed by atoms with Crippen molar-refractivity contribution in [3.05, 3.63) is 107 Å². The number of nitrogens with one attached hydrogen (secondary N) is 1. The van der Waals surface area contributed by atoms with Crippen LogP contribution in [0.4, 0.5) is 5.69 Å². The summed E-state index contributed by atoms with van der Waals surface area (Å²) in [7, 11) is 1.68. The molecule has 32 heavy (non-hydrogen) atoms. The number of methoxy groups -OCH3 is 1. The molecule has 0 amide bonds. The Morgan fingerprint density at radius 3 is 2.38 bits per heavy atom. The summed E-state index contributed by atoms with van der Waals surface area (Å²) in [5, 5.41) is 4.19. The van der Waals surface area contributed by atoms with E-state index in [-0.39, 0.29) is 12.1 Å². The highest BCUT2D eigenvalue weighted by atomic mass is 79.9. The molecule has 160 valence electrons. The molecule has 1 fully saturated rings. The third kappa shape index (κ3) is 3.78. The van der Waals surface area contributed by atoms with E-state index in [4.69, 9.17) is 17.0 Å². The summed E-state index contributed by atoms with van der Waals surface area (Å²) < 4.78 is 8.56. The maximum atomic E-state index is 5.83. The highest BCUT2D eigenvalue weighted by Gasteiger charge is 2.42. The molecular formula is C25H21BrN4OS. The normalized spacial score (nSPS) is 17.9. The van der Waals surface area contributed by atoms with Crippen molar-refractivity contribution in [1.29, 1.82) is 0 Å². The fourth-order valence-electron chi connectivity index (χ4n) is 4.15. The molecule has 1 aliphatic rings. The zero-order valence-electron chi connectivity index (χ0n) is 17.4. The lowest BCUT2D eigenvalue weighted by molar-refractivity contribution is 0.414. The van der Waals surface area contributed by atoms with Crippen molar-refractivity contribution in [2.24, 2.45) is 0 Å². The van der Waals surface area contributed by atoms with E-state index in [9.17, 15) is 0 Å². The molecule has 1 N–H and O–H groups in total. The Morgan fingerprint density at radius 1 is 0.938 bits per heavy atom. The fourth-order valence-corrected chi connectivity index (χ4v) is 4.76. The van der Waals surface area contributed by atoms with E-state index < -0.39 is 0 Å². The van der Waals surface area contributed by atoms with Crippen LogP contribution in [0, 0.1) is 0 Å². The first-order valence-corrected chi connectivity index (χ1v) is 11.4.